The van der Waals surface area contributed by atoms with Crippen LogP contribution >= 0.6 is 0 Å². The molecule has 0 unspecified atom stereocenters. The van der Waals surface area contributed by atoms with Gasteiger partial charge in [-0.2, -0.15) is 0 Å². The van der Waals surface area contributed by atoms with E-state index in [0.29, 0.717) is 11.8 Å². The van der Waals surface area contributed by atoms with Crippen LogP contribution in [0.1, 0.15) is 25.7 Å². The lowest BCUT2D eigenvalue weighted by Gasteiger charge is -2.47. The highest BCUT2D eigenvalue weighted by atomic mass is 16.2. The van der Waals surface area contributed by atoms with Crippen molar-refractivity contribution in [3.05, 3.63) is 18.5 Å². The van der Waals surface area contributed by atoms with Crippen molar-refractivity contribution in [2.45, 2.75) is 25.7 Å². The molecule has 3 heterocycles. The zero-order valence-corrected chi connectivity index (χ0v) is 12.0. The molecule has 2 saturated heterocycles. The van der Waals surface area contributed by atoms with Crippen molar-refractivity contribution in [2.24, 2.45) is 5.41 Å². The van der Waals surface area contributed by atoms with Crippen molar-refractivity contribution in [3.8, 4) is 0 Å². The maximum absolute atomic E-state index is 11.6. The molecule has 5 heteroatoms. The van der Waals surface area contributed by atoms with E-state index in [1.54, 1.807) is 12.4 Å². The number of anilines is 2. The van der Waals surface area contributed by atoms with Gasteiger partial charge in [-0.1, -0.05) is 0 Å². The number of hydrogen-bond acceptors (Lipinski definition) is 4. The fourth-order valence-corrected chi connectivity index (χ4v) is 3.55. The third kappa shape index (κ3) is 2.32. The van der Waals surface area contributed by atoms with Crippen LogP contribution in [-0.2, 0) is 4.79 Å². The first-order chi connectivity index (χ1) is 9.60. The van der Waals surface area contributed by atoms with Crippen LogP contribution in [0, 0.1) is 5.41 Å². The minimum atomic E-state index is 0.288. The van der Waals surface area contributed by atoms with Gasteiger partial charge in [0.05, 0.1) is 17.6 Å². The summed E-state index contributed by atoms with van der Waals surface area (Å²) in [6, 6.07) is 1.99. The zero-order valence-electron chi connectivity index (χ0n) is 12.0. The quantitative estimate of drug-likeness (QED) is 0.843. The van der Waals surface area contributed by atoms with Gasteiger partial charge in [0.2, 0.25) is 5.91 Å². The van der Waals surface area contributed by atoms with Gasteiger partial charge in [0.25, 0.3) is 0 Å². The van der Waals surface area contributed by atoms with Gasteiger partial charge < -0.3 is 15.5 Å². The first-order valence-electron chi connectivity index (χ1n) is 7.28. The molecular formula is C15H22N4O. The topological polar surface area (TPSA) is 62.5 Å². The Bertz CT molecular complexity index is 508. The van der Waals surface area contributed by atoms with Crippen molar-refractivity contribution in [1.29, 1.82) is 0 Å². The SMILES string of the molecule is CN1CC2(CCC1=O)CCN(c1ccncc1N)CC2. The van der Waals surface area contributed by atoms with Gasteiger partial charge in [-0.05, 0) is 30.7 Å². The van der Waals surface area contributed by atoms with Crippen LogP contribution in [0.2, 0.25) is 0 Å². The third-order valence-electron chi connectivity index (χ3n) is 4.86. The van der Waals surface area contributed by atoms with Crippen LogP contribution in [0.25, 0.3) is 0 Å². The van der Waals surface area contributed by atoms with Gasteiger partial charge in [0.15, 0.2) is 0 Å². The number of piperidine rings is 2. The maximum Gasteiger partial charge on any atom is 0.222 e. The largest absolute Gasteiger partial charge is 0.396 e. The molecule has 0 aliphatic carbocycles. The molecule has 1 aromatic rings. The molecule has 3 rings (SSSR count). The molecule has 2 fully saturated rings. The Balaban J connectivity index is 1.68. The summed E-state index contributed by atoms with van der Waals surface area (Å²) in [5.74, 6) is 0.288. The Hall–Kier alpha value is -1.78. The summed E-state index contributed by atoms with van der Waals surface area (Å²) in [5, 5.41) is 0. The molecule has 0 saturated carbocycles. The minimum absolute atomic E-state index is 0.288. The van der Waals surface area contributed by atoms with E-state index in [-0.39, 0.29) is 5.91 Å². The number of amides is 1. The molecule has 2 aliphatic heterocycles. The third-order valence-corrected chi connectivity index (χ3v) is 4.86. The average molecular weight is 274 g/mol. The molecule has 1 aromatic heterocycles. The predicted molar refractivity (Wildman–Crippen MR) is 79.4 cm³/mol. The lowest BCUT2D eigenvalue weighted by Crippen LogP contribution is -2.50. The number of rotatable bonds is 1. The lowest BCUT2D eigenvalue weighted by molar-refractivity contribution is -0.136. The number of pyridine rings is 1. The van der Waals surface area contributed by atoms with E-state index >= 15 is 0 Å². The lowest BCUT2D eigenvalue weighted by atomic mass is 9.72. The number of nitrogens with two attached hydrogens (primary N) is 1. The minimum Gasteiger partial charge on any atom is -0.396 e. The van der Waals surface area contributed by atoms with E-state index in [1.165, 1.54) is 0 Å². The van der Waals surface area contributed by atoms with E-state index in [2.05, 4.69) is 9.88 Å². The molecule has 108 valence electrons. The molecule has 5 nitrogen and oxygen atoms in total. The normalized spacial score (nSPS) is 22.4. The van der Waals surface area contributed by atoms with Crippen molar-refractivity contribution in [3.63, 3.8) is 0 Å². The standard InChI is InChI=1S/C15H22N4O/c1-18-11-15(4-2-14(18)20)5-8-19(9-6-15)13-3-7-17-10-12(13)16/h3,7,10H,2,4-6,8-9,11,16H2,1H3. The van der Waals surface area contributed by atoms with Crippen LogP contribution in [0.4, 0.5) is 11.4 Å². The summed E-state index contributed by atoms with van der Waals surface area (Å²) in [7, 11) is 1.93. The summed E-state index contributed by atoms with van der Waals surface area (Å²) in [6.07, 6.45) is 7.51. The van der Waals surface area contributed by atoms with E-state index in [1.807, 2.05) is 18.0 Å². The number of carbonyl (C=O) groups is 1. The first-order valence-corrected chi connectivity index (χ1v) is 7.28. The summed E-state index contributed by atoms with van der Waals surface area (Å²) in [4.78, 5) is 19.9. The second kappa shape index (κ2) is 4.96. The number of nitrogens with zero attached hydrogens (tertiary/aromatic N) is 3. The smallest absolute Gasteiger partial charge is 0.222 e. The number of hydrogen-bond donors (Lipinski definition) is 1. The van der Waals surface area contributed by atoms with Crippen LogP contribution in [0.3, 0.4) is 0 Å². The second-order valence-electron chi connectivity index (χ2n) is 6.17. The van der Waals surface area contributed by atoms with Gasteiger partial charge in [-0.25, -0.2) is 0 Å². The van der Waals surface area contributed by atoms with Crippen molar-refractivity contribution in [2.75, 3.05) is 37.3 Å². The Morgan fingerprint density at radius 2 is 2.05 bits per heavy atom. The Morgan fingerprint density at radius 1 is 1.30 bits per heavy atom. The van der Waals surface area contributed by atoms with Gasteiger partial charge >= 0.3 is 0 Å². The summed E-state index contributed by atoms with van der Waals surface area (Å²) in [6.45, 7) is 2.93. The average Bonchev–Trinajstić information content (AvgIpc) is 2.45. The molecule has 0 atom stereocenters. The Morgan fingerprint density at radius 3 is 2.70 bits per heavy atom. The molecule has 20 heavy (non-hydrogen) atoms. The van der Waals surface area contributed by atoms with Crippen LogP contribution in [-0.4, -0.2) is 42.5 Å². The molecule has 1 spiro atoms. The van der Waals surface area contributed by atoms with Crippen LogP contribution < -0.4 is 10.6 Å². The summed E-state index contributed by atoms with van der Waals surface area (Å²) in [5.41, 5.74) is 8.17. The fourth-order valence-electron chi connectivity index (χ4n) is 3.55. The van der Waals surface area contributed by atoms with Crippen molar-refractivity contribution >= 4 is 17.3 Å². The zero-order chi connectivity index (χ0) is 14.2. The molecule has 0 radical (unpaired) electrons. The Kier molecular flexibility index (Phi) is 3.28. The summed E-state index contributed by atoms with van der Waals surface area (Å²) >= 11 is 0. The number of aromatic nitrogens is 1. The van der Waals surface area contributed by atoms with Crippen LogP contribution in [0.5, 0.6) is 0 Å². The van der Waals surface area contributed by atoms with E-state index in [0.717, 1.165) is 50.3 Å². The van der Waals surface area contributed by atoms with E-state index in [4.69, 9.17) is 5.73 Å². The molecule has 1 amide bonds. The monoisotopic (exact) mass is 274 g/mol. The summed E-state index contributed by atoms with van der Waals surface area (Å²) < 4.78 is 0. The number of likely N-dealkylation sites (tertiary alicyclic amines) is 1. The molecule has 0 aromatic carbocycles. The second-order valence-corrected chi connectivity index (χ2v) is 6.17. The van der Waals surface area contributed by atoms with Crippen LogP contribution in [0.15, 0.2) is 18.5 Å². The van der Waals surface area contributed by atoms with Gasteiger partial charge in [-0.15, -0.1) is 0 Å². The first kappa shape index (κ1) is 13.2. The van der Waals surface area contributed by atoms with Crippen molar-refractivity contribution < 1.29 is 4.79 Å². The molecule has 0 bridgehead atoms. The Labute approximate surface area is 119 Å². The number of carbonyl (C=O) groups excluding carboxylic acids is 1. The van der Waals surface area contributed by atoms with E-state index in [9.17, 15) is 4.79 Å². The highest BCUT2D eigenvalue weighted by Crippen LogP contribution is 2.41. The fraction of sp³-hybridized carbons (Fsp3) is 0.600. The molecule has 2 aliphatic rings. The van der Waals surface area contributed by atoms with E-state index < -0.39 is 0 Å². The maximum atomic E-state index is 11.6. The highest BCUT2D eigenvalue weighted by molar-refractivity contribution is 5.76. The predicted octanol–water partition coefficient (Wildman–Crippen LogP) is 1.50. The van der Waals surface area contributed by atoms with Gasteiger partial charge in [0.1, 0.15) is 0 Å². The molecular weight excluding hydrogens is 252 g/mol. The number of nitrogen functional groups attached to an aromatic ring is 1. The molecule has 2 N–H and O–H groups in total. The van der Waals surface area contributed by atoms with Gasteiger partial charge in [-0.3, -0.25) is 9.78 Å². The van der Waals surface area contributed by atoms with Crippen molar-refractivity contribution in [1.82, 2.24) is 9.88 Å². The highest BCUT2D eigenvalue weighted by Gasteiger charge is 2.40. The van der Waals surface area contributed by atoms with Gasteiger partial charge in [0, 0.05) is 39.3 Å².